The Morgan fingerprint density at radius 3 is 2.66 bits per heavy atom. The van der Waals surface area contributed by atoms with Gasteiger partial charge < -0.3 is 25.4 Å². The molecule has 0 radical (unpaired) electrons. The van der Waals surface area contributed by atoms with E-state index in [0.717, 1.165) is 32.1 Å². The molecule has 5 aliphatic rings. The summed E-state index contributed by atoms with van der Waals surface area (Å²) < 4.78 is 12.5. The number of carbonyl (C=O) groups is 1. The second-order valence-corrected chi connectivity index (χ2v) is 14.2. The molecule has 5 rings (SSSR count). The summed E-state index contributed by atoms with van der Waals surface area (Å²) in [6, 6.07) is 0.0435. The standard InChI is InChI=1S/C28H45NO5S/c1-6-26(4)13-21(34-22(31)14-35-20-8-7-17(29)11-18(20)30)27(5)15(2)9-10-28(16(3)25(26)32)12-19-23(33-19)24(27)28/h6,15-21,23-25,30,32H,1,7-14,29H2,2-5H3/t15-,16+,17-,18-,19?,20-,21-,23?,24+,25+,26-,27+,28+/m1/s1. The minimum atomic E-state index is -0.546. The van der Waals surface area contributed by atoms with Crippen molar-refractivity contribution in [1.82, 2.24) is 0 Å². The van der Waals surface area contributed by atoms with Crippen molar-refractivity contribution in [3.05, 3.63) is 12.7 Å². The molecular formula is C28H45NO5S. The van der Waals surface area contributed by atoms with Crippen LogP contribution in [0.5, 0.6) is 0 Å². The Kier molecular flexibility index (Phi) is 6.70. The van der Waals surface area contributed by atoms with E-state index in [1.165, 1.54) is 11.8 Å². The lowest BCUT2D eigenvalue weighted by Gasteiger charge is -2.63. The molecule has 0 aromatic heterocycles. The number of hydrogen-bond donors (Lipinski definition) is 3. The summed E-state index contributed by atoms with van der Waals surface area (Å²) >= 11 is 1.50. The fraction of sp³-hybridized carbons (Fsp3) is 0.893. The van der Waals surface area contributed by atoms with Crippen LogP contribution < -0.4 is 5.73 Å². The average Bonchev–Trinajstić information content (AvgIpc) is 3.48. The molecule has 4 aliphatic carbocycles. The Bertz CT molecular complexity index is 855. The largest absolute Gasteiger partial charge is 0.461 e. The number of hydrogen-bond acceptors (Lipinski definition) is 7. The molecule has 6 nitrogen and oxygen atoms in total. The zero-order valence-electron chi connectivity index (χ0n) is 21.8. The molecule has 4 saturated carbocycles. The molecule has 2 unspecified atom stereocenters. The van der Waals surface area contributed by atoms with Crippen LogP contribution in [0.1, 0.15) is 72.6 Å². The number of fused-ring (bicyclic) bond motifs is 1. The average molecular weight is 508 g/mol. The van der Waals surface area contributed by atoms with Gasteiger partial charge in [-0.25, -0.2) is 0 Å². The van der Waals surface area contributed by atoms with Crippen molar-refractivity contribution in [2.75, 3.05) is 5.75 Å². The number of ether oxygens (including phenoxy) is 2. The predicted octanol–water partition coefficient (Wildman–Crippen LogP) is 3.68. The molecule has 13 atom stereocenters. The van der Waals surface area contributed by atoms with Crippen LogP contribution in [0.3, 0.4) is 0 Å². The van der Waals surface area contributed by atoms with Crippen molar-refractivity contribution in [2.45, 2.75) is 114 Å². The monoisotopic (exact) mass is 507 g/mol. The predicted molar refractivity (Wildman–Crippen MR) is 138 cm³/mol. The first-order chi connectivity index (χ1) is 16.5. The van der Waals surface area contributed by atoms with Crippen LogP contribution in [0, 0.1) is 34.0 Å². The van der Waals surface area contributed by atoms with E-state index in [1.54, 1.807) is 0 Å². The van der Waals surface area contributed by atoms with Gasteiger partial charge in [0.25, 0.3) is 0 Å². The molecule has 4 N–H and O–H groups in total. The first-order valence-corrected chi connectivity index (χ1v) is 14.7. The van der Waals surface area contributed by atoms with Gasteiger partial charge in [-0.3, -0.25) is 4.79 Å². The van der Waals surface area contributed by atoms with Gasteiger partial charge in [0, 0.05) is 28.0 Å². The van der Waals surface area contributed by atoms with E-state index < -0.39 is 17.6 Å². The first-order valence-electron chi connectivity index (χ1n) is 13.7. The van der Waals surface area contributed by atoms with Gasteiger partial charge in [0.15, 0.2) is 0 Å². The van der Waals surface area contributed by atoms with Crippen LogP contribution >= 0.6 is 11.8 Å². The number of nitrogens with two attached hydrogens (primary N) is 1. The first kappa shape index (κ1) is 26.0. The van der Waals surface area contributed by atoms with Crippen LogP contribution in [-0.2, 0) is 14.3 Å². The van der Waals surface area contributed by atoms with Crippen LogP contribution in [0.2, 0.25) is 0 Å². The van der Waals surface area contributed by atoms with Gasteiger partial charge >= 0.3 is 5.97 Å². The molecule has 2 bridgehead atoms. The summed E-state index contributed by atoms with van der Waals surface area (Å²) in [4.78, 5) is 13.3. The molecule has 198 valence electrons. The van der Waals surface area contributed by atoms with Crippen LogP contribution in [0.4, 0.5) is 0 Å². The summed E-state index contributed by atoms with van der Waals surface area (Å²) in [5.74, 6) is 0.777. The number of aliphatic hydroxyl groups is 2. The minimum Gasteiger partial charge on any atom is -0.461 e. The summed E-state index contributed by atoms with van der Waals surface area (Å²) in [5.41, 5.74) is 5.21. The number of rotatable bonds is 5. The maximum atomic E-state index is 13.3. The van der Waals surface area contributed by atoms with E-state index >= 15 is 0 Å². The summed E-state index contributed by atoms with van der Waals surface area (Å²) in [5, 5.41) is 22.1. The van der Waals surface area contributed by atoms with Crippen LogP contribution in [0.25, 0.3) is 0 Å². The van der Waals surface area contributed by atoms with E-state index in [-0.39, 0.29) is 64.0 Å². The molecule has 5 fully saturated rings. The zero-order chi connectivity index (χ0) is 25.3. The third-order valence-electron chi connectivity index (χ3n) is 11.3. The van der Waals surface area contributed by atoms with Crippen LogP contribution in [0.15, 0.2) is 12.7 Å². The van der Waals surface area contributed by atoms with Gasteiger partial charge in [-0.05, 0) is 62.2 Å². The van der Waals surface area contributed by atoms with Crippen molar-refractivity contribution >= 4 is 17.7 Å². The lowest BCUT2D eigenvalue weighted by molar-refractivity contribution is -0.216. The fourth-order valence-electron chi connectivity index (χ4n) is 8.70. The lowest BCUT2D eigenvalue weighted by atomic mass is 9.43. The summed E-state index contributed by atoms with van der Waals surface area (Å²) in [6.07, 6.45) is 7.04. The van der Waals surface area contributed by atoms with Crippen molar-refractivity contribution in [1.29, 1.82) is 0 Å². The fourth-order valence-corrected chi connectivity index (χ4v) is 9.76. The molecular weight excluding hydrogens is 462 g/mol. The number of carbonyl (C=O) groups excluding carboxylic acids is 1. The SMILES string of the molecule is C=C[C@]1(C)C[C@@H](OC(=O)CS[C@@H]2CC[C@@H](N)C[C@H]2O)[C@]2(C)[C@H](C)CC[C@]3(CC4OC4[C@H]32)[C@@H](C)[C@@H]1O. The molecule has 7 heteroatoms. The van der Waals surface area contributed by atoms with E-state index in [1.807, 2.05) is 6.08 Å². The van der Waals surface area contributed by atoms with Gasteiger partial charge in [0.2, 0.25) is 0 Å². The quantitative estimate of drug-likeness (QED) is 0.296. The highest BCUT2D eigenvalue weighted by Gasteiger charge is 2.74. The molecule has 1 heterocycles. The van der Waals surface area contributed by atoms with Crippen molar-refractivity contribution in [3.63, 3.8) is 0 Å². The Morgan fingerprint density at radius 1 is 1.23 bits per heavy atom. The van der Waals surface area contributed by atoms with Crippen molar-refractivity contribution in [3.8, 4) is 0 Å². The lowest BCUT2D eigenvalue weighted by Crippen LogP contribution is -2.63. The van der Waals surface area contributed by atoms with Gasteiger partial charge in [-0.1, -0.05) is 33.8 Å². The normalized spacial score (nSPS) is 55.2. The Hall–Kier alpha value is -0.600. The second-order valence-electron chi connectivity index (χ2n) is 13.0. The third-order valence-corrected chi connectivity index (χ3v) is 12.6. The smallest absolute Gasteiger partial charge is 0.316 e. The highest BCUT2D eigenvalue weighted by atomic mass is 32.2. The number of epoxide rings is 1. The van der Waals surface area contributed by atoms with Gasteiger partial charge in [0.1, 0.15) is 6.10 Å². The molecule has 1 saturated heterocycles. The van der Waals surface area contributed by atoms with Crippen molar-refractivity contribution < 1.29 is 24.5 Å². The van der Waals surface area contributed by atoms with E-state index in [2.05, 4.69) is 34.3 Å². The second kappa shape index (κ2) is 9.00. The zero-order valence-corrected chi connectivity index (χ0v) is 22.6. The van der Waals surface area contributed by atoms with Crippen LogP contribution in [-0.4, -0.2) is 63.7 Å². The molecule has 0 spiro atoms. The molecule has 0 aromatic rings. The van der Waals surface area contributed by atoms with Gasteiger partial charge in [-0.15, -0.1) is 18.3 Å². The maximum absolute atomic E-state index is 13.3. The maximum Gasteiger partial charge on any atom is 0.316 e. The molecule has 1 aliphatic heterocycles. The highest BCUT2D eigenvalue weighted by molar-refractivity contribution is 8.00. The summed E-state index contributed by atoms with van der Waals surface area (Å²) in [7, 11) is 0. The van der Waals surface area contributed by atoms with E-state index in [0.29, 0.717) is 18.8 Å². The third kappa shape index (κ3) is 4.03. The molecule has 0 amide bonds. The Morgan fingerprint density at radius 2 is 1.97 bits per heavy atom. The number of thioether (sulfide) groups is 1. The molecule has 35 heavy (non-hydrogen) atoms. The topological polar surface area (TPSA) is 105 Å². The number of esters is 1. The summed E-state index contributed by atoms with van der Waals surface area (Å²) in [6.45, 7) is 13.1. The minimum absolute atomic E-state index is 0.00330. The number of aliphatic hydroxyl groups excluding tert-OH is 2. The van der Waals surface area contributed by atoms with E-state index in [4.69, 9.17) is 15.2 Å². The Labute approximate surface area is 214 Å². The Balaban J connectivity index is 1.41. The van der Waals surface area contributed by atoms with Crippen molar-refractivity contribution in [2.24, 2.45) is 39.7 Å². The van der Waals surface area contributed by atoms with E-state index in [9.17, 15) is 15.0 Å². The highest BCUT2D eigenvalue weighted by Crippen LogP contribution is 2.73. The van der Waals surface area contributed by atoms with Gasteiger partial charge in [0.05, 0.1) is 30.2 Å². The molecule has 0 aromatic carbocycles. The van der Waals surface area contributed by atoms with Gasteiger partial charge in [-0.2, -0.15) is 0 Å².